The van der Waals surface area contributed by atoms with Gasteiger partial charge in [-0.25, -0.2) is 0 Å². The largest absolute Gasteiger partial charge is 0.324 e. The third-order valence-corrected chi connectivity index (χ3v) is 9.36. The fourth-order valence-corrected chi connectivity index (χ4v) is 6.20. The van der Waals surface area contributed by atoms with Gasteiger partial charge in [0.1, 0.15) is 6.04 Å². The Bertz CT molecular complexity index is 1320. The van der Waals surface area contributed by atoms with E-state index in [9.17, 15) is 19.2 Å². The third-order valence-electron chi connectivity index (χ3n) is 9.36. The van der Waals surface area contributed by atoms with E-state index in [1.807, 2.05) is 0 Å². The molecule has 0 aliphatic carbocycles. The topological polar surface area (TPSA) is 78.1 Å². The summed E-state index contributed by atoms with van der Waals surface area (Å²) < 4.78 is 4.33. The Morgan fingerprint density at radius 3 is 1.39 bits per heavy atom. The van der Waals surface area contributed by atoms with Gasteiger partial charge in [0.05, 0.1) is 73.9 Å². The van der Waals surface area contributed by atoms with E-state index in [2.05, 4.69) is 48.5 Å². The molecule has 8 nitrogen and oxygen atoms in total. The Balaban J connectivity index is 2.01. The van der Waals surface area contributed by atoms with Crippen LogP contribution >= 0.6 is 0 Å². The van der Waals surface area contributed by atoms with Crippen LogP contribution in [0.15, 0.2) is 31.3 Å². The van der Waals surface area contributed by atoms with Crippen molar-refractivity contribution in [3.63, 3.8) is 0 Å². The van der Waals surface area contributed by atoms with Crippen LogP contribution < -0.4 is 22.2 Å². The van der Waals surface area contributed by atoms with Gasteiger partial charge in [-0.05, 0) is 60.6 Å². The summed E-state index contributed by atoms with van der Waals surface area (Å²) in [4.78, 5) is 52.9. The molecule has 0 fully saturated rings. The van der Waals surface area contributed by atoms with E-state index in [0.29, 0.717) is 13.1 Å². The fourth-order valence-electron chi connectivity index (χ4n) is 6.20. The molecule has 0 amide bonds. The number of fused-ring (bicyclic) bond motifs is 2. The number of quaternary nitrogens is 2. The second-order valence-electron chi connectivity index (χ2n) is 10.3. The highest BCUT2D eigenvalue weighted by atomic mass is 16.2. The molecule has 3 rings (SSSR count). The summed E-state index contributed by atoms with van der Waals surface area (Å²) in [5.74, 6) is 0. The van der Waals surface area contributed by atoms with Crippen LogP contribution in [0.4, 0.5) is 0 Å². The van der Waals surface area contributed by atoms with E-state index in [1.54, 1.807) is 0 Å². The molecule has 8 heteroatoms. The molecule has 0 N–H and O–H groups in total. The average Bonchev–Trinajstić information content (AvgIpc) is 3.27. The molecular formula is C28H44N4O4+2. The van der Waals surface area contributed by atoms with Crippen LogP contribution in [0.5, 0.6) is 0 Å². The fraction of sp³-hybridized carbons (Fsp3) is 0.643. The lowest BCUT2D eigenvalue weighted by atomic mass is 10.1. The molecule has 0 bridgehead atoms. The number of rotatable bonds is 13. The van der Waals surface area contributed by atoms with Gasteiger partial charge in [0, 0.05) is 13.0 Å². The van der Waals surface area contributed by atoms with E-state index < -0.39 is 0 Å². The molecule has 2 aromatic heterocycles. The Kier molecular flexibility index (Phi) is 8.41. The highest BCUT2D eigenvalue weighted by molar-refractivity contribution is 5.97. The molecule has 0 spiro atoms. The van der Waals surface area contributed by atoms with Gasteiger partial charge in [0.2, 0.25) is 0 Å². The zero-order valence-corrected chi connectivity index (χ0v) is 23.2. The number of nitrogens with zero attached hydrogens (tertiary/aromatic N) is 4. The zero-order valence-electron chi connectivity index (χ0n) is 23.2. The molecular weight excluding hydrogens is 456 g/mol. The Morgan fingerprint density at radius 2 is 1.03 bits per heavy atom. The molecule has 3 aromatic rings. The molecule has 1 atom stereocenters. The number of aromatic nitrogens is 2. The van der Waals surface area contributed by atoms with Gasteiger partial charge in [-0.2, -0.15) is 0 Å². The summed E-state index contributed by atoms with van der Waals surface area (Å²) in [7, 11) is 0. The van der Waals surface area contributed by atoms with Gasteiger partial charge in [0.15, 0.2) is 0 Å². The Morgan fingerprint density at radius 1 is 0.639 bits per heavy atom. The van der Waals surface area contributed by atoms with Gasteiger partial charge < -0.3 is 8.97 Å². The maximum Gasteiger partial charge on any atom is 0.261 e. The number of benzene rings is 1. The second-order valence-corrected chi connectivity index (χ2v) is 10.3. The first kappa shape index (κ1) is 28.0. The van der Waals surface area contributed by atoms with Gasteiger partial charge in [0.25, 0.3) is 22.2 Å². The van der Waals surface area contributed by atoms with E-state index in [-0.39, 0.29) is 49.8 Å². The first-order chi connectivity index (χ1) is 17.1. The first-order valence-electron chi connectivity index (χ1n) is 13.7. The number of likely N-dealkylation sites (N-methyl/N-ethyl adjacent to an activating group) is 1. The lowest BCUT2D eigenvalue weighted by Gasteiger charge is -2.41. The Labute approximate surface area is 213 Å². The van der Waals surface area contributed by atoms with Crippen molar-refractivity contribution in [2.24, 2.45) is 0 Å². The third kappa shape index (κ3) is 4.50. The zero-order chi connectivity index (χ0) is 26.8. The molecule has 0 aliphatic rings. The van der Waals surface area contributed by atoms with Crippen LogP contribution in [0.3, 0.4) is 0 Å². The van der Waals surface area contributed by atoms with Crippen LogP contribution in [-0.2, 0) is 13.1 Å². The molecule has 198 valence electrons. The van der Waals surface area contributed by atoms with Crippen molar-refractivity contribution in [3.8, 4) is 0 Å². The summed E-state index contributed by atoms with van der Waals surface area (Å²) >= 11 is 0. The second kappa shape index (κ2) is 10.8. The standard InChI is InChI=1S/C28H44N4O4/c1-8-31(9-2,10-3)16-14-15-29-25(33)21-17-23-24(18-22(21)26(29)34)28(36)30(27(23)35)19-20(7)32(11-4,12-5)13-6/h17-18,20H,8-16,19H2,1-7H3/q+2. The van der Waals surface area contributed by atoms with Gasteiger partial charge in [-0.15, -0.1) is 0 Å². The Hall–Kier alpha value is -2.58. The van der Waals surface area contributed by atoms with Crippen molar-refractivity contribution in [2.75, 3.05) is 45.8 Å². The van der Waals surface area contributed by atoms with Crippen molar-refractivity contribution >= 4 is 21.5 Å². The van der Waals surface area contributed by atoms with Crippen LogP contribution in [0.25, 0.3) is 21.5 Å². The van der Waals surface area contributed by atoms with Crippen molar-refractivity contribution in [1.29, 1.82) is 0 Å². The van der Waals surface area contributed by atoms with Crippen molar-refractivity contribution in [3.05, 3.63) is 53.5 Å². The predicted molar refractivity (Wildman–Crippen MR) is 148 cm³/mol. The monoisotopic (exact) mass is 500 g/mol. The minimum absolute atomic E-state index is 0.0812. The lowest BCUT2D eigenvalue weighted by Crippen LogP contribution is -2.56. The molecule has 0 aliphatic heterocycles. The first-order valence-corrected chi connectivity index (χ1v) is 13.7. The molecule has 0 radical (unpaired) electrons. The summed E-state index contributed by atoms with van der Waals surface area (Å²) in [6.07, 6.45) is 0.719. The summed E-state index contributed by atoms with van der Waals surface area (Å²) in [6.45, 7) is 22.3. The van der Waals surface area contributed by atoms with Crippen LogP contribution in [0.2, 0.25) is 0 Å². The summed E-state index contributed by atoms with van der Waals surface area (Å²) in [6, 6.07) is 3.03. The maximum absolute atomic E-state index is 13.3. The molecule has 36 heavy (non-hydrogen) atoms. The van der Waals surface area contributed by atoms with Crippen LogP contribution in [-0.4, -0.2) is 70.0 Å². The van der Waals surface area contributed by atoms with E-state index in [1.165, 1.54) is 21.3 Å². The minimum atomic E-state index is -0.374. The molecule has 0 saturated heterocycles. The quantitative estimate of drug-likeness (QED) is 0.338. The van der Waals surface area contributed by atoms with E-state index >= 15 is 0 Å². The van der Waals surface area contributed by atoms with Crippen molar-refractivity contribution < 1.29 is 8.97 Å². The lowest BCUT2D eigenvalue weighted by molar-refractivity contribution is -0.945. The van der Waals surface area contributed by atoms with Gasteiger partial charge >= 0.3 is 0 Å². The number of hydrogen-bond acceptors (Lipinski definition) is 4. The van der Waals surface area contributed by atoms with Crippen LogP contribution in [0.1, 0.15) is 54.9 Å². The molecule has 2 heterocycles. The molecule has 0 saturated carbocycles. The predicted octanol–water partition coefficient (Wildman–Crippen LogP) is 2.44. The van der Waals surface area contributed by atoms with Crippen molar-refractivity contribution in [1.82, 2.24) is 9.13 Å². The highest BCUT2D eigenvalue weighted by Crippen LogP contribution is 2.17. The molecule has 1 unspecified atom stereocenters. The van der Waals surface area contributed by atoms with Gasteiger partial charge in [-0.3, -0.25) is 28.3 Å². The molecule has 1 aromatic carbocycles. The smallest absolute Gasteiger partial charge is 0.261 e. The minimum Gasteiger partial charge on any atom is -0.324 e. The van der Waals surface area contributed by atoms with E-state index in [0.717, 1.165) is 61.2 Å². The SMILES string of the molecule is CC[N+](CC)(CC)CCCn1c(=O)c2cc3c(=O)n(CC(C)[N+](CC)(CC)CC)c(=O)c3cc2c1=O. The normalized spacial score (nSPS) is 13.8. The summed E-state index contributed by atoms with van der Waals surface area (Å²) in [5.41, 5.74) is -1.49. The van der Waals surface area contributed by atoms with Crippen molar-refractivity contribution in [2.45, 2.75) is 74.0 Å². The average molecular weight is 501 g/mol. The van der Waals surface area contributed by atoms with Gasteiger partial charge in [-0.1, -0.05) is 0 Å². The van der Waals surface area contributed by atoms with Crippen LogP contribution in [0, 0.1) is 0 Å². The number of hydrogen-bond donors (Lipinski definition) is 0. The summed E-state index contributed by atoms with van der Waals surface area (Å²) in [5, 5.41) is 0.931. The van der Waals surface area contributed by atoms with E-state index in [4.69, 9.17) is 0 Å². The highest BCUT2D eigenvalue weighted by Gasteiger charge is 2.30. The maximum atomic E-state index is 13.3.